The largest absolute Gasteiger partial charge is 0.463 e. The zero-order chi connectivity index (χ0) is 24.2. The van der Waals surface area contributed by atoms with Gasteiger partial charge in [0.2, 0.25) is 0 Å². The number of fused-ring (bicyclic) bond motifs is 5. The van der Waals surface area contributed by atoms with Gasteiger partial charge in [-0.1, -0.05) is 69.8 Å². The first-order valence-corrected chi connectivity index (χ1v) is 14.8. The molecule has 0 bridgehead atoms. The van der Waals surface area contributed by atoms with Gasteiger partial charge < -0.3 is 9.84 Å². The number of hydrogen-bond acceptors (Lipinski definition) is 3. The number of halogens is 1. The lowest BCUT2D eigenvalue weighted by Crippen LogP contribution is -2.66. The topological polar surface area (TPSA) is 46.5 Å². The Labute approximate surface area is 211 Å². The Morgan fingerprint density at radius 1 is 1.06 bits per heavy atom. The molecule has 4 fully saturated rings. The van der Waals surface area contributed by atoms with Crippen LogP contribution < -0.4 is 0 Å². The summed E-state index contributed by atoms with van der Waals surface area (Å²) in [5, 5.41) is 11.6. The molecular weight excluding hydrogens is 476 g/mol. The summed E-state index contributed by atoms with van der Waals surface area (Å²) in [6.45, 7) is 13.8. The molecule has 3 nitrogen and oxygen atoms in total. The molecule has 190 valence electrons. The highest BCUT2D eigenvalue weighted by Gasteiger charge is 2.67. The van der Waals surface area contributed by atoms with Crippen LogP contribution in [0.4, 0.5) is 0 Å². The highest BCUT2D eigenvalue weighted by atomic mass is 79.9. The minimum Gasteiger partial charge on any atom is -0.463 e. The molecule has 1 N–H and O–H groups in total. The van der Waals surface area contributed by atoms with Crippen molar-refractivity contribution in [2.24, 2.45) is 46.3 Å². The maximum Gasteiger partial charge on any atom is 0.302 e. The molecule has 4 rings (SSSR count). The van der Waals surface area contributed by atoms with Crippen molar-refractivity contribution in [2.75, 3.05) is 0 Å². The van der Waals surface area contributed by atoms with Crippen LogP contribution in [0.2, 0.25) is 0 Å². The van der Waals surface area contributed by atoms with Crippen molar-refractivity contribution in [1.29, 1.82) is 0 Å². The van der Waals surface area contributed by atoms with Crippen molar-refractivity contribution in [3.63, 3.8) is 0 Å². The average molecular weight is 526 g/mol. The predicted molar refractivity (Wildman–Crippen MR) is 138 cm³/mol. The molecule has 0 amide bonds. The number of esters is 1. The molecule has 4 aliphatic carbocycles. The second-order valence-corrected chi connectivity index (χ2v) is 14.8. The van der Waals surface area contributed by atoms with Crippen molar-refractivity contribution < 1.29 is 14.6 Å². The lowest BCUT2D eigenvalue weighted by molar-refractivity contribution is -0.170. The summed E-state index contributed by atoms with van der Waals surface area (Å²) < 4.78 is 5.29. The average Bonchev–Trinajstić information content (AvgIpc) is 3.07. The van der Waals surface area contributed by atoms with Crippen molar-refractivity contribution in [1.82, 2.24) is 0 Å². The Balaban J connectivity index is 1.51. The SMILES string of the molecule is CC(=O)O[C@H]1CC[C@]2(C)[C@H]3CC[C@]4(C)[C@@H]([C@H](C)CCCC(C)C)CC[C@H]4[C@@H]3C[C@@H](O)[C@@]2(Br)C1. The number of rotatable bonds is 6. The van der Waals surface area contributed by atoms with Gasteiger partial charge in [-0.15, -0.1) is 0 Å². The summed E-state index contributed by atoms with van der Waals surface area (Å²) in [6.07, 6.45) is 12.6. The van der Waals surface area contributed by atoms with E-state index in [2.05, 4.69) is 50.5 Å². The first-order valence-electron chi connectivity index (χ1n) is 14.0. The van der Waals surface area contributed by atoms with E-state index in [4.69, 9.17) is 4.74 Å². The van der Waals surface area contributed by atoms with E-state index in [0.717, 1.165) is 49.4 Å². The summed E-state index contributed by atoms with van der Waals surface area (Å²) in [5.41, 5.74) is 0.504. The molecule has 0 aromatic rings. The van der Waals surface area contributed by atoms with Crippen LogP contribution in [-0.2, 0) is 9.53 Å². The molecule has 4 saturated carbocycles. The lowest BCUT2D eigenvalue weighted by Gasteiger charge is -2.65. The van der Waals surface area contributed by atoms with Gasteiger partial charge in [0.15, 0.2) is 0 Å². The van der Waals surface area contributed by atoms with Crippen molar-refractivity contribution in [3.8, 4) is 0 Å². The summed E-state index contributed by atoms with van der Waals surface area (Å²) >= 11 is 4.11. The molecule has 0 radical (unpaired) electrons. The van der Waals surface area contributed by atoms with E-state index in [1.54, 1.807) is 0 Å². The quantitative estimate of drug-likeness (QED) is 0.288. The number of aliphatic hydroxyl groups excluding tert-OH is 1. The molecule has 4 heteroatoms. The van der Waals surface area contributed by atoms with Crippen LogP contribution in [0.3, 0.4) is 0 Å². The van der Waals surface area contributed by atoms with E-state index in [1.165, 1.54) is 51.9 Å². The Morgan fingerprint density at radius 3 is 2.45 bits per heavy atom. The van der Waals surface area contributed by atoms with Gasteiger partial charge in [0.05, 0.1) is 10.4 Å². The number of ether oxygens (including phenoxy) is 1. The van der Waals surface area contributed by atoms with Crippen LogP contribution in [-0.4, -0.2) is 27.6 Å². The third-order valence-electron chi connectivity index (χ3n) is 11.3. The van der Waals surface area contributed by atoms with Gasteiger partial charge in [-0.25, -0.2) is 0 Å². The van der Waals surface area contributed by atoms with Crippen molar-refractivity contribution >= 4 is 21.9 Å². The number of alkyl halides is 1. The molecule has 0 aliphatic heterocycles. The van der Waals surface area contributed by atoms with Crippen molar-refractivity contribution in [3.05, 3.63) is 0 Å². The minimum absolute atomic E-state index is 0.0638. The maximum absolute atomic E-state index is 11.6. The van der Waals surface area contributed by atoms with Gasteiger partial charge in [0, 0.05) is 13.3 Å². The fourth-order valence-electron chi connectivity index (χ4n) is 9.56. The third-order valence-corrected chi connectivity index (χ3v) is 13.0. The molecule has 33 heavy (non-hydrogen) atoms. The van der Waals surface area contributed by atoms with Crippen LogP contribution in [0.1, 0.15) is 112 Å². The fraction of sp³-hybridized carbons (Fsp3) is 0.966. The zero-order valence-electron chi connectivity index (χ0n) is 22.0. The molecule has 0 unspecified atom stereocenters. The fourth-order valence-corrected chi connectivity index (χ4v) is 10.6. The van der Waals surface area contributed by atoms with Gasteiger partial charge in [0.25, 0.3) is 0 Å². The Morgan fingerprint density at radius 2 is 1.79 bits per heavy atom. The van der Waals surface area contributed by atoms with E-state index in [-0.39, 0.29) is 27.9 Å². The minimum atomic E-state index is -0.369. The van der Waals surface area contributed by atoms with E-state index < -0.39 is 0 Å². The highest BCUT2D eigenvalue weighted by Crippen LogP contribution is 2.70. The normalized spacial score (nSPS) is 48.0. The summed E-state index contributed by atoms with van der Waals surface area (Å²) in [4.78, 5) is 11.6. The molecule has 0 heterocycles. The van der Waals surface area contributed by atoms with Crippen LogP contribution in [0.25, 0.3) is 0 Å². The Bertz CT molecular complexity index is 724. The van der Waals surface area contributed by atoms with Gasteiger partial charge in [-0.3, -0.25) is 4.79 Å². The summed E-state index contributed by atoms with van der Waals surface area (Å²) in [6, 6.07) is 0. The molecule has 0 aromatic heterocycles. The van der Waals surface area contributed by atoms with E-state index in [0.29, 0.717) is 17.3 Å². The number of carbonyl (C=O) groups excluding carboxylic acids is 1. The predicted octanol–water partition coefficient (Wildman–Crippen LogP) is 7.53. The van der Waals surface area contributed by atoms with Crippen LogP contribution in [0.5, 0.6) is 0 Å². The maximum atomic E-state index is 11.6. The molecule has 0 spiro atoms. The molecule has 10 atom stereocenters. The lowest BCUT2D eigenvalue weighted by atomic mass is 9.43. The van der Waals surface area contributed by atoms with Gasteiger partial charge in [-0.05, 0) is 91.3 Å². The Hall–Kier alpha value is -0.0900. The first kappa shape index (κ1) is 26.0. The smallest absolute Gasteiger partial charge is 0.302 e. The van der Waals surface area contributed by atoms with Gasteiger partial charge >= 0.3 is 5.97 Å². The van der Waals surface area contributed by atoms with E-state index in [9.17, 15) is 9.90 Å². The van der Waals surface area contributed by atoms with E-state index in [1.807, 2.05) is 0 Å². The number of hydrogen-bond donors (Lipinski definition) is 1. The highest BCUT2D eigenvalue weighted by molar-refractivity contribution is 9.10. The molecule has 4 aliphatic rings. The van der Waals surface area contributed by atoms with Gasteiger partial charge in [-0.2, -0.15) is 0 Å². The second kappa shape index (κ2) is 9.41. The van der Waals surface area contributed by atoms with E-state index >= 15 is 0 Å². The Kier molecular flexibility index (Phi) is 7.41. The monoisotopic (exact) mass is 524 g/mol. The summed E-state index contributed by atoms with van der Waals surface area (Å²) in [7, 11) is 0. The van der Waals surface area contributed by atoms with Crippen LogP contribution in [0, 0.1) is 46.3 Å². The van der Waals surface area contributed by atoms with Crippen molar-refractivity contribution in [2.45, 2.75) is 129 Å². The molecular formula is C29H49BrO3. The first-order chi connectivity index (χ1) is 15.4. The number of carbonyl (C=O) groups is 1. The second-order valence-electron chi connectivity index (χ2n) is 13.4. The van der Waals surface area contributed by atoms with Crippen LogP contribution in [0.15, 0.2) is 0 Å². The zero-order valence-corrected chi connectivity index (χ0v) is 23.6. The van der Waals surface area contributed by atoms with Gasteiger partial charge in [0.1, 0.15) is 6.10 Å². The van der Waals surface area contributed by atoms with Crippen LogP contribution >= 0.6 is 15.9 Å². The standard InChI is InChI=1S/C29H49BrO3/c1-18(2)8-7-9-19(3)23-10-11-24-22-16-26(32)29(30)17-21(33-20(4)31)12-15-28(29,6)25(22)13-14-27(23,24)5/h18-19,21-26,32H,7-17H2,1-6H3/t19-,21+,22+,23-,24+,25+,26-,27-,28-,29+/m1/s1. The third kappa shape index (κ3) is 4.36. The summed E-state index contributed by atoms with van der Waals surface area (Å²) in [5.74, 6) is 4.31. The molecule has 0 saturated heterocycles. The molecule has 0 aromatic carbocycles. The number of aliphatic hydroxyl groups is 1.